The van der Waals surface area contributed by atoms with E-state index < -0.39 is 8.80 Å². The fraction of sp³-hybridized carbons (Fsp3) is 0.842. The Labute approximate surface area is 155 Å². The van der Waals surface area contributed by atoms with E-state index in [1.54, 1.807) is 21.3 Å². The van der Waals surface area contributed by atoms with Gasteiger partial charge in [0.1, 0.15) is 12.4 Å². The second-order valence-corrected chi connectivity index (χ2v) is 9.85. The fourth-order valence-corrected chi connectivity index (χ4v) is 4.92. The van der Waals surface area contributed by atoms with Crippen LogP contribution in [0.3, 0.4) is 0 Å². The molecular weight excluding hydrogens is 332 g/mol. The molecule has 146 valence electrons. The molecule has 0 saturated carbocycles. The first kappa shape index (κ1) is 22.3. The van der Waals surface area contributed by atoms with Crippen molar-refractivity contribution in [3.8, 4) is 0 Å². The molecule has 6 heteroatoms. The maximum atomic E-state index is 5.45. The van der Waals surface area contributed by atoms with Gasteiger partial charge >= 0.3 is 8.80 Å². The van der Waals surface area contributed by atoms with Crippen LogP contribution in [0.2, 0.25) is 6.04 Å². The summed E-state index contributed by atoms with van der Waals surface area (Å²) in [5.74, 6) is 0. The molecule has 0 atom stereocenters. The van der Waals surface area contributed by atoms with Crippen molar-refractivity contribution in [3.05, 3.63) is 18.7 Å². The highest BCUT2D eigenvalue weighted by Crippen LogP contribution is 2.18. The lowest BCUT2D eigenvalue weighted by Gasteiger charge is -2.24. The molecule has 0 unspecified atom stereocenters. The van der Waals surface area contributed by atoms with Crippen LogP contribution < -0.4 is 4.57 Å². The molecule has 0 saturated heterocycles. The van der Waals surface area contributed by atoms with Crippen molar-refractivity contribution < 1.29 is 17.8 Å². The summed E-state index contributed by atoms with van der Waals surface area (Å²) in [4.78, 5) is 0. The quantitative estimate of drug-likeness (QED) is 0.248. The summed E-state index contributed by atoms with van der Waals surface area (Å²) >= 11 is 0. The van der Waals surface area contributed by atoms with Crippen LogP contribution in [0.15, 0.2) is 18.7 Å². The van der Waals surface area contributed by atoms with E-state index >= 15 is 0 Å². The minimum atomic E-state index is -2.35. The third-order valence-electron chi connectivity index (χ3n) is 4.85. The first-order chi connectivity index (χ1) is 12.2. The molecule has 1 aromatic heterocycles. The molecule has 0 fully saturated rings. The van der Waals surface area contributed by atoms with E-state index in [0.717, 1.165) is 25.6 Å². The van der Waals surface area contributed by atoms with Gasteiger partial charge in [-0.25, -0.2) is 9.13 Å². The summed E-state index contributed by atoms with van der Waals surface area (Å²) in [5.41, 5.74) is 0. The standard InChI is InChI=1S/C19H39N2O3Si/c1-5-6-14-20-16-17-21(19-20)15-12-10-8-7-9-11-13-18-25(22-2,23-3)24-4/h16-17,19H,5-15,18H2,1-4H3/q+1. The average Bonchev–Trinajstić information content (AvgIpc) is 3.10. The number of rotatable bonds is 16. The summed E-state index contributed by atoms with van der Waals surface area (Å²) < 4.78 is 21.0. The lowest BCUT2D eigenvalue weighted by molar-refractivity contribution is -0.696. The van der Waals surface area contributed by atoms with E-state index in [9.17, 15) is 0 Å². The van der Waals surface area contributed by atoms with Crippen molar-refractivity contribution in [3.63, 3.8) is 0 Å². The fourth-order valence-electron chi connectivity index (χ4n) is 3.12. The van der Waals surface area contributed by atoms with E-state index in [-0.39, 0.29) is 0 Å². The molecule has 0 aliphatic heterocycles. The van der Waals surface area contributed by atoms with Crippen LogP contribution in [-0.2, 0) is 26.4 Å². The Hall–Kier alpha value is -0.693. The van der Waals surface area contributed by atoms with Gasteiger partial charge in [-0.2, -0.15) is 0 Å². The predicted molar refractivity (Wildman–Crippen MR) is 103 cm³/mol. The maximum absolute atomic E-state index is 5.45. The van der Waals surface area contributed by atoms with Gasteiger partial charge in [-0.1, -0.05) is 39.0 Å². The van der Waals surface area contributed by atoms with Crippen LogP contribution in [0, 0.1) is 0 Å². The summed E-state index contributed by atoms with van der Waals surface area (Å²) in [5, 5.41) is 0. The molecule has 0 spiro atoms. The topological polar surface area (TPSA) is 36.5 Å². The Kier molecular flexibility index (Phi) is 12.1. The monoisotopic (exact) mass is 371 g/mol. The molecule has 0 bridgehead atoms. The lowest BCUT2D eigenvalue weighted by atomic mass is 10.1. The number of hydrogen-bond donors (Lipinski definition) is 0. The van der Waals surface area contributed by atoms with Gasteiger partial charge in [-0.05, 0) is 25.7 Å². The molecule has 0 aromatic carbocycles. The minimum Gasteiger partial charge on any atom is -0.377 e. The summed E-state index contributed by atoms with van der Waals surface area (Å²) in [6, 6.07) is 0.919. The van der Waals surface area contributed by atoms with Gasteiger partial charge in [-0.3, -0.25) is 0 Å². The van der Waals surface area contributed by atoms with Gasteiger partial charge in [0.2, 0.25) is 6.33 Å². The highest BCUT2D eigenvalue weighted by atomic mass is 28.4. The van der Waals surface area contributed by atoms with Crippen molar-refractivity contribution in [2.45, 2.75) is 83.8 Å². The highest BCUT2D eigenvalue weighted by Gasteiger charge is 2.36. The smallest absolute Gasteiger partial charge is 0.377 e. The number of unbranched alkanes of at least 4 members (excludes halogenated alkanes) is 7. The van der Waals surface area contributed by atoms with E-state index in [1.807, 2.05) is 0 Å². The highest BCUT2D eigenvalue weighted by molar-refractivity contribution is 6.60. The SMILES string of the molecule is CCCCn1cc[n+](CCCCCCCCC[Si](OC)(OC)OC)c1. The van der Waals surface area contributed by atoms with Crippen LogP contribution in [0.1, 0.15) is 64.7 Å². The molecule has 0 aliphatic carbocycles. The Balaban J connectivity index is 1.99. The Bertz CT molecular complexity index is 428. The second-order valence-electron chi connectivity index (χ2n) is 6.76. The lowest BCUT2D eigenvalue weighted by Crippen LogP contribution is -2.42. The van der Waals surface area contributed by atoms with Crippen LogP contribution in [0.5, 0.6) is 0 Å². The maximum Gasteiger partial charge on any atom is 0.500 e. The van der Waals surface area contributed by atoms with Crippen LogP contribution in [-0.4, -0.2) is 34.7 Å². The van der Waals surface area contributed by atoms with E-state index in [4.69, 9.17) is 13.3 Å². The molecule has 0 aliphatic rings. The van der Waals surface area contributed by atoms with Crippen molar-refractivity contribution in [1.29, 1.82) is 0 Å². The van der Waals surface area contributed by atoms with Gasteiger partial charge in [0, 0.05) is 27.4 Å². The molecule has 1 heterocycles. The van der Waals surface area contributed by atoms with E-state index in [2.05, 4.69) is 34.8 Å². The van der Waals surface area contributed by atoms with Crippen molar-refractivity contribution in [2.75, 3.05) is 21.3 Å². The Morgan fingerprint density at radius 1 is 0.840 bits per heavy atom. The molecule has 0 radical (unpaired) electrons. The molecule has 1 aromatic rings. The molecular formula is C19H39N2O3Si+. The molecule has 1 rings (SSSR count). The number of imidazole rings is 1. The largest absolute Gasteiger partial charge is 0.500 e. The number of aryl methyl sites for hydroxylation is 2. The van der Waals surface area contributed by atoms with Gasteiger partial charge in [0.05, 0.1) is 13.1 Å². The summed E-state index contributed by atoms with van der Waals surface area (Å²) in [6.45, 7) is 4.52. The molecule has 25 heavy (non-hydrogen) atoms. The van der Waals surface area contributed by atoms with Crippen LogP contribution in [0.4, 0.5) is 0 Å². The zero-order chi connectivity index (χ0) is 18.4. The second kappa shape index (κ2) is 13.5. The van der Waals surface area contributed by atoms with Crippen molar-refractivity contribution >= 4 is 8.80 Å². The first-order valence-corrected chi connectivity index (χ1v) is 11.8. The Morgan fingerprint density at radius 2 is 1.44 bits per heavy atom. The zero-order valence-electron chi connectivity index (χ0n) is 16.8. The van der Waals surface area contributed by atoms with E-state index in [0.29, 0.717) is 0 Å². The zero-order valence-corrected chi connectivity index (χ0v) is 17.8. The predicted octanol–water partition coefficient (Wildman–Crippen LogP) is 4.18. The first-order valence-electron chi connectivity index (χ1n) is 9.90. The van der Waals surface area contributed by atoms with Gasteiger partial charge in [-0.15, -0.1) is 0 Å². The Morgan fingerprint density at radius 3 is 2.04 bits per heavy atom. The number of aromatic nitrogens is 2. The number of nitrogens with zero attached hydrogens (tertiary/aromatic N) is 2. The molecule has 5 nitrogen and oxygen atoms in total. The van der Waals surface area contributed by atoms with Gasteiger partial charge < -0.3 is 13.3 Å². The minimum absolute atomic E-state index is 0.919. The van der Waals surface area contributed by atoms with Crippen molar-refractivity contribution in [1.82, 2.24) is 4.57 Å². The van der Waals surface area contributed by atoms with E-state index in [1.165, 1.54) is 51.4 Å². The van der Waals surface area contributed by atoms with Gasteiger partial charge in [0.25, 0.3) is 0 Å². The third kappa shape index (κ3) is 8.99. The van der Waals surface area contributed by atoms with Crippen molar-refractivity contribution in [2.24, 2.45) is 0 Å². The number of hydrogen-bond acceptors (Lipinski definition) is 3. The summed E-state index contributed by atoms with van der Waals surface area (Å²) in [7, 11) is 2.72. The molecule has 0 N–H and O–H groups in total. The summed E-state index contributed by atoms with van der Waals surface area (Å²) in [6.07, 6.45) is 18.1. The van der Waals surface area contributed by atoms with Crippen LogP contribution >= 0.6 is 0 Å². The van der Waals surface area contributed by atoms with Crippen LogP contribution in [0.25, 0.3) is 0 Å². The van der Waals surface area contributed by atoms with Gasteiger partial charge in [0.15, 0.2) is 0 Å². The average molecular weight is 372 g/mol. The normalized spacial score (nSPS) is 12.0. The molecule has 0 amide bonds. The third-order valence-corrected chi connectivity index (χ3v) is 7.68.